The van der Waals surface area contributed by atoms with E-state index in [1.807, 2.05) is 4.90 Å². The minimum absolute atomic E-state index is 0.00443. The predicted octanol–water partition coefficient (Wildman–Crippen LogP) is 4.62. The molecule has 0 radical (unpaired) electrons. The second-order valence-corrected chi connectivity index (χ2v) is 27.0. The van der Waals surface area contributed by atoms with Crippen LogP contribution in [0.4, 0.5) is 11.4 Å². The lowest BCUT2D eigenvalue weighted by atomic mass is 9.78. The summed E-state index contributed by atoms with van der Waals surface area (Å²) in [5.41, 5.74) is -5.11. The van der Waals surface area contributed by atoms with Gasteiger partial charge < -0.3 is 82.9 Å². The predicted molar refractivity (Wildman–Crippen MR) is 323 cm³/mol. The van der Waals surface area contributed by atoms with Crippen molar-refractivity contribution in [3.8, 4) is 11.5 Å². The average molecular weight is 1290 g/mol. The lowest BCUT2D eigenvalue weighted by Gasteiger charge is -2.40. The molecule has 4 aliphatic heterocycles. The molecule has 89 heavy (non-hydrogen) atoms. The number of esters is 3. The van der Waals surface area contributed by atoms with Gasteiger partial charge in [-0.3, -0.25) is 42.8 Å². The number of carbonyl (C=O) groups excluding carboxylic acids is 5. The Morgan fingerprint density at radius 1 is 0.843 bits per heavy atom. The normalized spacial score (nSPS) is 25.6. The third-order valence-electron chi connectivity index (χ3n) is 16.1. The van der Waals surface area contributed by atoms with Gasteiger partial charge in [0.2, 0.25) is 22.3 Å². The van der Waals surface area contributed by atoms with E-state index >= 15 is 4.79 Å². The molecule has 5 bridgehead atoms. The monoisotopic (exact) mass is 1290 g/mol. The number of hydrogen-bond acceptors (Lipinski definition) is 22. The van der Waals surface area contributed by atoms with Crippen LogP contribution in [0.25, 0.3) is 38.7 Å². The molecule has 0 aliphatic carbocycles. The Hall–Kier alpha value is -7.26. The maximum atomic E-state index is 15.1. The number of aliphatic hydroxyl groups excluding tert-OH is 1. The molecule has 4 aromatic rings. The van der Waals surface area contributed by atoms with Crippen LogP contribution in [0.15, 0.2) is 62.3 Å². The highest BCUT2D eigenvalue weighted by Gasteiger charge is 2.47. The van der Waals surface area contributed by atoms with E-state index in [0.717, 1.165) is 19.6 Å². The second-order valence-electron chi connectivity index (χ2n) is 23.2. The number of allylic oxidation sites excluding steroid dienone is 2. The number of benzene rings is 3. The van der Waals surface area contributed by atoms with Gasteiger partial charge in [0.15, 0.2) is 29.0 Å². The first-order valence-corrected chi connectivity index (χ1v) is 32.0. The zero-order valence-corrected chi connectivity index (χ0v) is 53.1. The van der Waals surface area contributed by atoms with E-state index in [9.17, 15) is 67.7 Å². The number of phenolic OH excluding ortho intramolecular Hbond substituents is 1. The van der Waals surface area contributed by atoms with Gasteiger partial charge in [0.25, 0.3) is 5.91 Å². The van der Waals surface area contributed by atoms with Crippen LogP contribution in [0, 0.1) is 36.5 Å². The number of nitrogens with one attached hydrogen (secondary N) is 2. The third-order valence-corrected chi connectivity index (χ3v) is 19.4. The van der Waals surface area contributed by atoms with E-state index in [4.69, 9.17) is 42.6 Å². The summed E-state index contributed by atoms with van der Waals surface area (Å²) in [5.74, 6) is -11.2. The number of methoxy groups -OCH3 is 2. The number of phenols is 1. The van der Waals surface area contributed by atoms with Crippen molar-refractivity contribution in [3.63, 3.8) is 0 Å². The fourth-order valence-electron chi connectivity index (χ4n) is 11.6. The number of hydrogen-bond donors (Lipinski definition) is 8. The highest BCUT2D eigenvalue weighted by molar-refractivity contribution is 7.70. The van der Waals surface area contributed by atoms with Crippen LogP contribution in [0.5, 0.6) is 11.5 Å². The summed E-state index contributed by atoms with van der Waals surface area (Å²) in [7, 11) is -8.33. The second kappa shape index (κ2) is 27.9. The Morgan fingerprint density at radius 2 is 1.49 bits per heavy atom. The quantitative estimate of drug-likeness (QED) is 0.0264. The van der Waals surface area contributed by atoms with Crippen LogP contribution >= 0.6 is 15.2 Å². The van der Waals surface area contributed by atoms with Crippen molar-refractivity contribution in [2.45, 2.75) is 118 Å². The van der Waals surface area contributed by atoms with Gasteiger partial charge in [-0.2, -0.15) is 0 Å². The summed E-state index contributed by atoms with van der Waals surface area (Å²) in [6.07, 6.45) is 1.36. The van der Waals surface area contributed by atoms with E-state index in [2.05, 4.69) is 24.1 Å². The third kappa shape index (κ3) is 15.3. The largest absolute Gasteiger partial charge is 0.507 e. The summed E-state index contributed by atoms with van der Waals surface area (Å²) < 4.78 is 71.4. The van der Waals surface area contributed by atoms with Crippen molar-refractivity contribution >= 4 is 95.0 Å². The number of aliphatic hydroxyl groups is 1. The summed E-state index contributed by atoms with van der Waals surface area (Å²) in [4.78, 5) is 142. The molecule has 1 fully saturated rings. The van der Waals surface area contributed by atoms with Gasteiger partial charge in [0, 0.05) is 125 Å². The summed E-state index contributed by atoms with van der Waals surface area (Å²) in [5, 5.41) is 27.8. The molecular weight excluding hydrogens is 1210 g/mol. The van der Waals surface area contributed by atoms with E-state index in [1.54, 1.807) is 39.8 Å². The molecular formula is C59H77N5O23P2. The molecule has 3 aromatic carbocycles. The van der Waals surface area contributed by atoms with Crippen LogP contribution < -0.4 is 36.3 Å². The Labute approximate surface area is 511 Å². The first-order chi connectivity index (χ1) is 41.6. The van der Waals surface area contributed by atoms with Gasteiger partial charge in [-0.05, 0) is 25.8 Å². The number of aromatic hydroxyl groups is 1. The number of rotatable bonds is 15. The van der Waals surface area contributed by atoms with Crippen LogP contribution in [0.1, 0.15) is 80.7 Å². The minimum Gasteiger partial charge on any atom is -0.507 e. The molecule has 30 heteroatoms. The first kappa shape index (κ1) is 69.2. The number of aromatic nitrogens is 1. The van der Waals surface area contributed by atoms with Crippen LogP contribution in [0.3, 0.4) is 0 Å². The number of amides is 2. The van der Waals surface area contributed by atoms with Crippen LogP contribution in [-0.4, -0.2) is 159 Å². The molecule has 0 spiro atoms. The van der Waals surface area contributed by atoms with Crippen LogP contribution in [0.2, 0.25) is 0 Å². The highest BCUT2D eigenvalue weighted by atomic mass is 31.2. The number of fused-ring (bicyclic) bond motifs is 14. The minimum atomic E-state index is -5.55. The van der Waals surface area contributed by atoms with Gasteiger partial charge >= 0.3 is 38.9 Å². The number of nitrogens with zero attached hydrogens (tertiary/aromatic N) is 3. The smallest absolute Gasteiger partial charge is 0.360 e. The summed E-state index contributed by atoms with van der Waals surface area (Å²) >= 11 is 0. The van der Waals surface area contributed by atoms with Gasteiger partial charge in [-0.1, -0.05) is 59.8 Å². The molecule has 4 aliphatic rings. The van der Waals surface area contributed by atoms with Crippen molar-refractivity contribution in [1.29, 1.82) is 0 Å². The molecule has 5 heterocycles. The molecule has 8 rings (SSSR count). The lowest BCUT2D eigenvalue weighted by molar-refractivity contribution is -0.173. The average Bonchev–Trinajstić information content (AvgIpc) is 1.76. The molecule has 0 saturated carbocycles. The molecule has 28 nitrogen and oxygen atoms in total. The van der Waals surface area contributed by atoms with Crippen molar-refractivity contribution < 1.29 is 100 Å². The van der Waals surface area contributed by atoms with Crippen molar-refractivity contribution in [2.75, 3.05) is 63.8 Å². The zero-order chi connectivity index (χ0) is 65.9. The maximum absolute atomic E-state index is 15.1. The molecule has 1 aromatic heterocycles. The zero-order valence-electron chi connectivity index (χ0n) is 51.3. The maximum Gasteiger partial charge on any atom is 0.360 e. The molecule has 0 unspecified atom stereocenters. The molecule has 2 amide bonds. The Kier molecular flexibility index (Phi) is 21.7. The van der Waals surface area contributed by atoms with Crippen molar-refractivity contribution in [2.24, 2.45) is 29.6 Å². The Morgan fingerprint density at radius 3 is 2.10 bits per heavy atom. The lowest BCUT2D eigenvalue weighted by Crippen LogP contribution is -2.48. The Balaban J connectivity index is 1.32. The van der Waals surface area contributed by atoms with E-state index in [-0.39, 0.29) is 49.7 Å². The molecule has 8 N–H and O–H groups in total. The fraction of sp³-hybridized carbons (Fsp3) is 0.525. The molecule has 486 valence electrons. The number of piperazine rings is 1. The SMILES string of the molecule is CO[C@H]1[C@@H](C)[C@H](OC(C)=O)[C@H](C)[C@@H](OC)/C=C/O[C@@]2(C)Oc3c(C)c(O)c4c(=O)c(c5oc6cc(N7CCN(CC(C)C)CC7)cc(=O)c6nc5c4c3=C2O)NC(=O)/C(C)=C\C=C\[C@H](C)[C@H](OC(=O)COC(=O)CCC(=O)NC(P(=O)(O)O)P(=O)(O)O)[C@H]1C. The van der Waals surface area contributed by atoms with E-state index in [0.29, 0.717) is 24.7 Å². The van der Waals surface area contributed by atoms with Gasteiger partial charge in [-0.15, -0.1) is 0 Å². The number of carbonyl (C=O) groups is 5. The Bertz CT molecular complexity index is 3770. The molecule has 1 saturated heterocycles. The number of anilines is 2. The summed E-state index contributed by atoms with van der Waals surface area (Å²) in [6, 6.07) is 3.05. The summed E-state index contributed by atoms with van der Waals surface area (Å²) in [6.45, 7) is 19.0. The standard InChI is InChI=1S/C59H77N5O23P2/c1-28(2)26-63-19-21-64(22-20-63)36-24-37(66)46-39(25-36)85-55-47(61-46)43-44-49(70)32(6)54-45(43)56(72)59(10,87-54)83-23-18-38(80-11)31(5)53(84-35(9)65)34(8)52(81-12)33(7)51(29(3)14-13-15-30(4)57(73)62-48(55)50(44)71)86-42(69)27-82-41(68)17-16-40(67)60-58(88(74,75)76)89(77,78)79/h13-15,18,23-25,28-29,31,33-34,38,51-53,58,70,72H,16-17,19-22,26-27H2,1-12H3,(H,60,67)(H,62,73)(H2,74,75,76)(H2,77,78,79)/b14-13+,23-18+,30-15-/t29-,31+,33+,34+,38-,51-,52+,53+,59-/m0/s1. The van der Waals surface area contributed by atoms with Crippen LogP contribution in [-0.2, 0) is 61.5 Å². The van der Waals surface area contributed by atoms with Gasteiger partial charge in [-0.25, -0.2) is 9.78 Å². The van der Waals surface area contributed by atoms with E-state index < -0.39 is 157 Å². The number of ether oxygens (including phenoxy) is 7. The van der Waals surface area contributed by atoms with Crippen molar-refractivity contribution in [3.05, 3.63) is 79.5 Å². The fourth-order valence-corrected chi connectivity index (χ4v) is 13.8. The highest BCUT2D eigenvalue weighted by Crippen LogP contribution is 2.58. The first-order valence-electron chi connectivity index (χ1n) is 28.6. The topological polar surface area (TPSA) is 396 Å². The van der Waals surface area contributed by atoms with Crippen molar-refractivity contribution in [1.82, 2.24) is 15.2 Å². The van der Waals surface area contributed by atoms with E-state index in [1.165, 1.54) is 77.8 Å². The molecule has 9 atom stereocenters. The van der Waals surface area contributed by atoms with Gasteiger partial charge in [0.05, 0.1) is 35.5 Å². The van der Waals surface area contributed by atoms with Gasteiger partial charge in [0.1, 0.15) is 34.9 Å².